The van der Waals surface area contributed by atoms with E-state index in [0.717, 1.165) is 6.42 Å². The molecule has 0 spiro atoms. The third kappa shape index (κ3) is 2.88. The second-order valence-electron chi connectivity index (χ2n) is 6.26. The van der Waals surface area contributed by atoms with E-state index in [4.69, 9.17) is 4.74 Å². The Balaban J connectivity index is 1.72. The molecule has 1 amide bonds. The van der Waals surface area contributed by atoms with Crippen molar-refractivity contribution in [3.63, 3.8) is 0 Å². The highest BCUT2D eigenvalue weighted by atomic mass is 16.5. The number of hydrogen-bond donors (Lipinski definition) is 2. The summed E-state index contributed by atoms with van der Waals surface area (Å²) in [5.74, 6) is -2.32. The Morgan fingerprint density at radius 3 is 2.35 bits per heavy atom. The molecule has 122 valence electrons. The number of carbonyl (C=O) groups is 2. The lowest BCUT2D eigenvalue weighted by atomic mass is 9.82. The minimum Gasteiger partial charge on any atom is -0.481 e. The molecule has 0 unspecified atom stereocenters. The summed E-state index contributed by atoms with van der Waals surface area (Å²) in [7, 11) is 0. The van der Waals surface area contributed by atoms with Crippen LogP contribution in [0.1, 0.15) is 31.7 Å². The van der Waals surface area contributed by atoms with Gasteiger partial charge in [-0.05, 0) is 30.0 Å². The predicted octanol–water partition coefficient (Wildman–Crippen LogP) is 2.79. The van der Waals surface area contributed by atoms with Crippen LogP contribution >= 0.6 is 0 Å². The van der Waals surface area contributed by atoms with Crippen LogP contribution in [0.4, 0.5) is 5.69 Å². The molecule has 1 aromatic carbocycles. The summed E-state index contributed by atoms with van der Waals surface area (Å²) in [6.45, 7) is 4.29. The van der Waals surface area contributed by atoms with Crippen LogP contribution in [0.2, 0.25) is 0 Å². The van der Waals surface area contributed by atoms with Gasteiger partial charge in [0, 0.05) is 5.69 Å². The average Bonchev–Trinajstić information content (AvgIpc) is 3.15. The maximum Gasteiger partial charge on any atom is 0.310 e. The van der Waals surface area contributed by atoms with Crippen LogP contribution in [-0.4, -0.2) is 29.2 Å². The van der Waals surface area contributed by atoms with Gasteiger partial charge in [-0.2, -0.15) is 0 Å². The molecule has 2 heterocycles. The fraction of sp³-hybridized carbons (Fsp3) is 0.444. The summed E-state index contributed by atoms with van der Waals surface area (Å²) in [6, 6.07) is 7.71. The maximum atomic E-state index is 12.5. The standard InChI is InChI=1S/C18H21NO4/c1-3-10(2)11-4-6-12(7-5-11)19-17(20)15-13-8-9-14(23-13)16(15)18(21)22/h4-10,13-16H,3H2,1-2H3,(H,19,20)(H,21,22)/t10-,13+,14+,15-,16-/m0/s1. The van der Waals surface area contributed by atoms with E-state index in [-0.39, 0.29) is 5.91 Å². The highest BCUT2D eigenvalue weighted by molar-refractivity contribution is 5.96. The Hall–Kier alpha value is -2.14. The first-order valence-electron chi connectivity index (χ1n) is 7.98. The zero-order valence-electron chi connectivity index (χ0n) is 13.2. The van der Waals surface area contributed by atoms with E-state index in [1.165, 1.54) is 5.56 Å². The largest absolute Gasteiger partial charge is 0.481 e. The summed E-state index contributed by atoms with van der Waals surface area (Å²) < 4.78 is 5.53. The van der Waals surface area contributed by atoms with Crippen LogP contribution < -0.4 is 5.32 Å². The number of nitrogens with one attached hydrogen (secondary N) is 1. The van der Waals surface area contributed by atoms with Crippen molar-refractivity contribution in [3.8, 4) is 0 Å². The molecule has 5 heteroatoms. The van der Waals surface area contributed by atoms with E-state index in [9.17, 15) is 14.7 Å². The topological polar surface area (TPSA) is 75.6 Å². The van der Waals surface area contributed by atoms with Crippen molar-refractivity contribution in [2.24, 2.45) is 11.8 Å². The number of rotatable bonds is 5. The fourth-order valence-electron chi connectivity index (χ4n) is 3.27. The summed E-state index contributed by atoms with van der Waals surface area (Å²) in [4.78, 5) is 23.9. The van der Waals surface area contributed by atoms with E-state index < -0.39 is 30.0 Å². The predicted molar refractivity (Wildman–Crippen MR) is 86.2 cm³/mol. The molecular formula is C18H21NO4. The van der Waals surface area contributed by atoms with Crippen LogP contribution in [0.25, 0.3) is 0 Å². The number of anilines is 1. The summed E-state index contributed by atoms with van der Waals surface area (Å²) >= 11 is 0. The Kier molecular flexibility index (Phi) is 4.22. The molecule has 1 fully saturated rings. The van der Waals surface area contributed by atoms with Crippen molar-refractivity contribution in [2.75, 3.05) is 5.32 Å². The van der Waals surface area contributed by atoms with E-state index in [2.05, 4.69) is 19.2 Å². The third-order valence-corrected chi connectivity index (χ3v) is 4.85. The molecule has 23 heavy (non-hydrogen) atoms. The Morgan fingerprint density at radius 1 is 1.17 bits per heavy atom. The first-order chi connectivity index (χ1) is 11.0. The van der Waals surface area contributed by atoms with Crippen molar-refractivity contribution < 1.29 is 19.4 Å². The molecule has 5 atom stereocenters. The lowest BCUT2D eigenvalue weighted by Gasteiger charge is -2.21. The van der Waals surface area contributed by atoms with Crippen molar-refractivity contribution >= 4 is 17.6 Å². The van der Waals surface area contributed by atoms with Crippen LogP contribution in [0.5, 0.6) is 0 Å². The van der Waals surface area contributed by atoms with Gasteiger partial charge in [-0.1, -0.05) is 38.1 Å². The van der Waals surface area contributed by atoms with Crippen molar-refractivity contribution in [1.82, 2.24) is 0 Å². The molecule has 3 rings (SSSR count). The zero-order chi connectivity index (χ0) is 16.6. The number of benzene rings is 1. The fourth-order valence-corrected chi connectivity index (χ4v) is 3.27. The number of aliphatic carboxylic acids is 1. The second-order valence-corrected chi connectivity index (χ2v) is 6.26. The number of hydrogen-bond acceptors (Lipinski definition) is 3. The van der Waals surface area contributed by atoms with Crippen LogP contribution in [-0.2, 0) is 14.3 Å². The number of carboxylic acids is 1. The van der Waals surface area contributed by atoms with Gasteiger partial charge in [-0.3, -0.25) is 9.59 Å². The van der Waals surface area contributed by atoms with Crippen LogP contribution in [0.15, 0.2) is 36.4 Å². The number of carbonyl (C=O) groups excluding carboxylic acids is 1. The Bertz CT molecular complexity index is 637. The van der Waals surface area contributed by atoms with Crippen molar-refractivity contribution in [3.05, 3.63) is 42.0 Å². The van der Waals surface area contributed by atoms with E-state index >= 15 is 0 Å². The number of carboxylic acid groups (broad SMARTS) is 1. The molecular weight excluding hydrogens is 294 g/mol. The first-order valence-corrected chi connectivity index (χ1v) is 7.98. The smallest absolute Gasteiger partial charge is 0.310 e. The van der Waals surface area contributed by atoms with Gasteiger partial charge < -0.3 is 15.2 Å². The molecule has 5 nitrogen and oxygen atoms in total. The molecule has 0 saturated carbocycles. The Morgan fingerprint density at radius 2 is 1.78 bits per heavy atom. The van der Waals surface area contributed by atoms with Gasteiger partial charge in [-0.15, -0.1) is 0 Å². The van der Waals surface area contributed by atoms with Crippen LogP contribution in [0.3, 0.4) is 0 Å². The Labute approximate surface area is 135 Å². The molecule has 0 aromatic heterocycles. The lowest BCUT2D eigenvalue weighted by molar-refractivity contribution is -0.145. The zero-order valence-corrected chi connectivity index (χ0v) is 13.2. The minimum atomic E-state index is -0.992. The highest BCUT2D eigenvalue weighted by Crippen LogP contribution is 2.39. The van der Waals surface area contributed by atoms with E-state index in [1.807, 2.05) is 24.3 Å². The van der Waals surface area contributed by atoms with E-state index in [0.29, 0.717) is 11.6 Å². The maximum absolute atomic E-state index is 12.5. The molecule has 1 saturated heterocycles. The average molecular weight is 315 g/mol. The van der Waals surface area contributed by atoms with E-state index in [1.54, 1.807) is 12.2 Å². The molecule has 2 bridgehead atoms. The monoisotopic (exact) mass is 315 g/mol. The SMILES string of the molecule is CC[C@H](C)c1ccc(NC(=O)[C@@H]2[C@@H](C(=O)O)[C@H]3C=C[C@H]2O3)cc1. The molecule has 2 aliphatic heterocycles. The molecule has 0 aliphatic carbocycles. The number of fused-ring (bicyclic) bond motifs is 2. The van der Waals surface area contributed by atoms with Gasteiger partial charge >= 0.3 is 5.97 Å². The lowest BCUT2D eigenvalue weighted by Crippen LogP contribution is -2.39. The molecule has 0 radical (unpaired) electrons. The summed E-state index contributed by atoms with van der Waals surface area (Å²) in [5.41, 5.74) is 1.90. The third-order valence-electron chi connectivity index (χ3n) is 4.85. The number of amides is 1. The van der Waals surface area contributed by atoms with Gasteiger partial charge in [-0.25, -0.2) is 0 Å². The van der Waals surface area contributed by atoms with Gasteiger partial charge in [0.05, 0.1) is 18.1 Å². The second kappa shape index (κ2) is 6.16. The molecule has 1 aromatic rings. The summed E-state index contributed by atoms with van der Waals surface area (Å²) in [5, 5.41) is 12.2. The molecule has 2 N–H and O–H groups in total. The highest BCUT2D eigenvalue weighted by Gasteiger charge is 2.53. The van der Waals surface area contributed by atoms with Gasteiger partial charge in [0.2, 0.25) is 5.91 Å². The minimum absolute atomic E-state index is 0.300. The quantitative estimate of drug-likeness (QED) is 0.819. The van der Waals surface area contributed by atoms with Gasteiger partial charge in [0.1, 0.15) is 5.92 Å². The first kappa shape index (κ1) is 15.7. The summed E-state index contributed by atoms with van der Waals surface area (Å²) in [6.07, 6.45) is 3.62. The van der Waals surface area contributed by atoms with Gasteiger partial charge in [0.15, 0.2) is 0 Å². The number of ether oxygens (including phenoxy) is 1. The van der Waals surface area contributed by atoms with Crippen molar-refractivity contribution in [1.29, 1.82) is 0 Å². The van der Waals surface area contributed by atoms with Crippen LogP contribution in [0, 0.1) is 11.8 Å². The normalized spacial score (nSPS) is 29.5. The molecule has 2 aliphatic rings. The van der Waals surface area contributed by atoms with Crippen molar-refractivity contribution in [2.45, 2.75) is 38.4 Å². The van der Waals surface area contributed by atoms with Gasteiger partial charge in [0.25, 0.3) is 0 Å².